The third-order valence-electron chi connectivity index (χ3n) is 3.83. The minimum atomic E-state index is 0.806. The van der Waals surface area contributed by atoms with E-state index >= 15 is 0 Å². The number of piperazine rings is 1. The van der Waals surface area contributed by atoms with Gasteiger partial charge in [0.05, 0.1) is 12.8 Å². The standard InChI is InChI=1S/C16H22N4O/c1-2-6-18-16(5-1)20-11-9-19(10-12-20)8-7-17-14-15-4-3-13-21-15/h1-6,13,17H,7-12,14H2. The molecule has 0 unspecified atom stereocenters. The summed E-state index contributed by atoms with van der Waals surface area (Å²) in [5, 5.41) is 3.42. The lowest BCUT2D eigenvalue weighted by Crippen LogP contribution is -2.48. The van der Waals surface area contributed by atoms with Crippen molar-refractivity contribution in [2.45, 2.75) is 6.54 Å². The molecule has 3 rings (SSSR count). The molecule has 1 aliphatic rings. The van der Waals surface area contributed by atoms with Crippen LogP contribution in [-0.4, -0.2) is 49.2 Å². The molecule has 1 saturated heterocycles. The Morgan fingerprint density at radius 3 is 2.71 bits per heavy atom. The first-order chi connectivity index (χ1) is 10.4. The maximum atomic E-state index is 5.30. The first-order valence-electron chi connectivity index (χ1n) is 7.53. The molecule has 0 atom stereocenters. The molecule has 5 heteroatoms. The number of furan rings is 1. The van der Waals surface area contributed by atoms with Crippen LogP contribution in [0.15, 0.2) is 47.2 Å². The van der Waals surface area contributed by atoms with Gasteiger partial charge in [0.25, 0.3) is 0 Å². The zero-order valence-electron chi connectivity index (χ0n) is 12.2. The van der Waals surface area contributed by atoms with E-state index in [2.05, 4.69) is 26.2 Å². The number of aromatic nitrogens is 1. The Bertz CT molecular complexity index is 506. The lowest BCUT2D eigenvalue weighted by Gasteiger charge is -2.35. The summed E-state index contributed by atoms with van der Waals surface area (Å²) in [7, 11) is 0. The Balaban J connectivity index is 1.34. The van der Waals surface area contributed by atoms with Crippen LogP contribution >= 0.6 is 0 Å². The van der Waals surface area contributed by atoms with Gasteiger partial charge in [0, 0.05) is 45.5 Å². The van der Waals surface area contributed by atoms with E-state index in [-0.39, 0.29) is 0 Å². The highest BCUT2D eigenvalue weighted by atomic mass is 16.3. The van der Waals surface area contributed by atoms with Crippen molar-refractivity contribution in [3.05, 3.63) is 48.6 Å². The zero-order chi connectivity index (χ0) is 14.3. The molecule has 112 valence electrons. The maximum Gasteiger partial charge on any atom is 0.128 e. The predicted molar refractivity (Wildman–Crippen MR) is 83.3 cm³/mol. The second-order valence-corrected chi connectivity index (χ2v) is 5.27. The molecule has 5 nitrogen and oxygen atoms in total. The van der Waals surface area contributed by atoms with Crippen molar-refractivity contribution >= 4 is 5.82 Å². The van der Waals surface area contributed by atoms with E-state index in [0.717, 1.165) is 57.4 Å². The summed E-state index contributed by atoms with van der Waals surface area (Å²) in [6.07, 6.45) is 3.58. The minimum absolute atomic E-state index is 0.806. The van der Waals surface area contributed by atoms with Gasteiger partial charge >= 0.3 is 0 Å². The smallest absolute Gasteiger partial charge is 0.128 e. The summed E-state index contributed by atoms with van der Waals surface area (Å²) in [5.74, 6) is 2.09. The van der Waals surface area contributed by atoms with E-state index in [4.69, 9.17) is 4.42 Å². The van der Waals surface area contributed by atoms with Gasteiger partial charge in [-0.3, -0.25) is 4.90 Å². The normalized spacial score (nSPS) is 16.3. The highest BCUT2D eigenvalue weighted by Gasteiger charge is 2.17. The fraction of sp³-hybridized carbons (Fsp3) is 0.438. The first-order valence-corrected chi connectivity index (χ1v) is 7.53. The molecule has 1 fully saturated rings. The Labute approximate surface area is 125 Å². The molecule has 2 aromatic heterocycles. The van der Waals surface area contributed by atoms with Gasteiger partial charge in [-0.1, -0.05) is 6.07 Å². The Morgan fingerprint density at radius 2 is 2.00 bits per heavy atom. The first kappa shape index (κ1) is 14.1. The molecule has 0 saturated carbocycles. The summed E-state index contributed by atoms with van der Waals surface area (Å²) in [4.78, 5) is 9.26. The molecule has 0 spiro atoms. The van der Waals surface area contributed by atoms with Crippen molar-refractivity contribution in [1.82, 2.24) is 15.2 Å². The van der Waals surface area contributed by atoms with Gasteiger partial charge in [-0.15, -0.1) is 0 Å². The average molecular weight is 286 g/mol. The van der Waals surface area contributed by atoms with Crippen molar-refractivity contribution in [2.24, 2.45) is 0 Å². The van der Waals surface area contributed by atoms with Crippen molar-refractivity contribution < 1.29 is 4.42 Å². The van der Waals surface area contributed by atoms with E-state index in [1.54, 1.807) is 6.26 Å². The summed E-state index contributed by atoms with van der Waals surface area (Å²) in [5.41, 5.74) is 0. The van der Waals surface area contributed by atoms with Crippen LogP contribution in [0.2, 0.25) is 0 Å². The number of pyridine rings is 1. The molecule has 0 aromatic carbocycles. The van der Waals surface area contributed by atoms with E-state index in [1.807, 2.05) is 30.5 Å². The number of nitrogens with one attached hydrogen (secondary N) is 1. The third kappa shape index (κ3) is 4.06. The molecular weight excluding hydrogens is 264 g/mol. The van der Waals surface area contributed by atoms with Crippen LogP contribution in [-0.2, 0) is 6.54 Å². The predicted octanol–water partition coefficient (Wildman–Crippen LogP) is 1.59. The van der Waals surface area contributed by atoms with Crippen molar-refractivity contribution in [3.8, 4) is 0 Å². The van der Waals surface area contributed by atoms with Gasteiger partial charge in [0.1, 0.15) is 11.6 Å². The van der Waals surface area contributed by atoms with Crippen LogP contribution in [0.5, 0.6) is 0 Å². The van der Waals surface area contributed by atoms with Crippen LogP contribution in [0, 0.1) is 0 Å². The van der Waals surface area contributed by atoms with E-state index in [1.165, 1.54) is 0 Å². The molecule has 0 amide bonds. The molecule has 21 heavy (non-hydrogen) atoms. The zero-order valence-corrected chi connectivity index (χ0v) is 12.2. The van der Waals surface area contributed by atoms with E-state index in [0.29, 0.717) is 0 Å². The Morgan fingerprint density at radius 1 is 1.10 bits per heavy atom. The van der Waals surface area contributed by atoms with Crippen LogP contribution in [0.3, 0.4) is 0 Å². The number of hydrogen-bond acceptors (Lipinski definition) is 5. The van der Waals surface area contributed by atoms with Gasteiger partial charge in [-0.25, -0.2) is 4.98 Å². The van der Waals surface area contributed by atoms with Crippen molar-refractivity contribution in [2.75, 3.05) is 44.2 Å². The summed E-state index contributed by atoms with van der Waals surface area (Å²) in [6.45, 7) is 7.17. The van der Waals surface area contributed by atoms with Crippen LogP contribution in [0.4, 0.5) is 5.82 Å². The lowest BCUT2D eigenvalue weighted by molar-refractivity contribution is 0.256. The Kier molecular flexibility index (Phi) is 4.86. The van der Waals surface area contributed by atoms with Crippen LogP contribution in [0.25, 0.3) is 0 Å². The van der Waals surface area contributed by atoms with Gasteiger partial charge in [-0.2, -0.15) is 0 Å². The van der Waals surface area contributed by atoms with Crippen molar-refractivity contribution in [1.29, 1.82) is 0 Å². The number of nitrogens with zero attached hydrogens (tertiary/aromatic N) is 3. The largest absolute Gasteiger partial charge is 0.468 e. The van der Waals surface area contributed by atoms with E-state index in [9.17, 15) is 0 Å². The van der Waals surface area contributed by atoms with Gasteiger partial charge < -0.3 is 14.6 Å². The molecule has 0 bridgehead atoms. The summed E-state index contributed by atoms with van der Waals surface area (Å²) >= 11 is 0. The quantitative estimate of drug-likeness (QED) is 0.817. The SMILES string of the molecule is c1ccc(N2CCN(CCNCc3ccco3)CC2)nc1. The number of anilines is 1. The number of hydrogen-bond donors (Lipinski definition) is 1. The summed E-state index contributed by atoms with van der Waals surface area (Å²) in [6, 6.07) is 10.0. The molecular formula is C16H22N4O. The highest BCUT2D eigenvalue weighted by Crippen LogP contribution is 2.12. The molecule has 0 radical (unpaired) electrons. The molecule has 3 heterocycles. The fourth-order valence-electron chi connectivity index (χ4n) is 2.60. The van der Waals surface area contributed by atoms with Crippen LogP contribution < -0.4 is 10.2 Å². The highest BCUT2D eigenvalue weighted by molar-refractivity contribution is 5.38. The van der Waals surface area contributed by atoms with Gasteiger partial charge in [0.2, 0.25) is 0 Å². The monoisotopic (exact) mass is 286 g/mol. The van der Waals surface area contributed by atoms with Crippen molar-refractivity contribution in [3.63, 3.8) is 0 Å². The summed E-state index contributed by atoms with van der Waals surface area (Å²) < 4.78 is 5.30. The van der Waals surface area contributed by atoms with Gasteiger partial charge in [0.15, 0.2) is 0 Å². The fourth-order valence-corrected chi connectivity index (χ4v) is 2.60. The minimum Gasteiger partial charge on any atom is -0.468 e. The maximum absolute atomic E-state index is 5.30. The average Bonchev–Trinajstić information content (AvgIpc) is 3.06. The second kappa shape index (κ2) is 7.24. The molecule has 1 N–H and O–H groups in total. The lowest BCUT2D eigenvalue weighted by atomic mass is 10.3. The molecule has 2 aromatic rings. The topological polar surface area (TPSA) is 44.5 Å². The van der Waals surface area contributed by atoms with E-state index < -0.39 is 0 Å². The Hall–Kier alpha value is -1.85. The number of rotatable bonds is 6. The van der Waals surface area contributed by atoms with Crippen LogP contribution in [0.1, 0.15) is 5.76 Å². The second-order valence-electron chi connectivity index (χ2n) is 5.27. The molecule has 1 aliphatic heterocycles. The molecule has 0 aliphatic carbocycles. The third-order valence-corrected chi connectivity index (χ3v) is 3.83. The van der Waals surface area contributed by atoms with Gasteiger partial charge in [-0.05, 0) is 24.3 Å².